The van der Waals surface area contributed by atoms with Gasteiger partial charge in [-0.25, -0.2) is 4.99 Å². The van der Waals surface area contributed by atoms with Crippen molar-refractivity contribution in [2.45, 2.75) is 12.5 Å². The van der Waals surface area contributed by atoms with Crippen molar-refractivity contribution in [3.05, 3.63) is 108 Å². The maximum atomic E-state index is 13.0. The molecule has 40 heavy (non-hydrogen) atoms. The quantitative estimate of drug-likeness (QED) is 0.309. The lowest BCUT2D eigenvalue weighted by Crippen LogP contribution is -2.41. The zero-order valence-corrected chi connectivity index (χ0v) is 23.2. The third-order valence-electron chi connectivity index (χ3n) is 6.70. The molecule has 3 aromatic carbocycles. The first kappa shape index (κ1) is 28.6. The van der Waals surface area contributed by atoms with Crippen LogP contribution in [0.5, 0.6) is 0 Å². The number of morpholine rings is 1. The molecule has 4 rings (SSSR count). The van der Waals surface area contributed by atoms with Crippen LogP contribution in [0.4, 0.5) is 17.1 Å². The topological polar surface area (TPSA) is 95.2 Å². The Morgan fingerprint density at radius 1 is 1.00 bits per heavy atom. The van der Waals surface area contributed by atoms with E-state index in [2.05, 4.69) is 39.2 Å². The number of hydrogen-bond acceptors (Lipinski definition) is 7. The van der Waals surface area contributed by atoms with Crippen molar-refractivity contribution in [3.63, 3.8) is 0 Å². The summed E-state index contributed by atoms with van der Waals surface area (Å²) in [5, 5.41) is 6.21. The van der Waals surface area contributed by atoms with Crippen molar-refractivity contribution in [1.82, 2.24) is 4.90 Å². The van der Waals surface area contributed by atoms with E-state index in [4.69, 9.17) is 10.5 Å². The zero-order valence-electron chi connectivity index (χ0n) is 23.2. The number of nitrogens with one attached hydrogen (secondary N) is 2. The summed E-state index contributed by atoms with van der Waals surface area (Å²) in [5.41, 5.74) is 11.6. The van der Waals surface area contributed by atoms with Gasteiger partial charge in [0.15, 0.2) is 0 Å². The van der Waals surface area contributed by atoms with Crippen LogP contribution in [0.15, 0.2) is 102 Å². The SMILES string of the molecule is C=C(N=C/C=C(\N)c1ccc(NC(=O)[C@H](Cc2ccccc2)N(C)C)cc1)Nc1ccc(N2CCOCC2)cc1. The van der Waals surface area contributed by atoms with Crippen molar-refractivity contribution in [2.24, 2.45) is 10.7 Å². The Morgan fingerprint density at radius 2 is 1.62 bits per heavy atom. The molecule has 4 N–H and O–H groups in total. The number of ether oxygens (including phenoxy) is 1. The molecule has 0 saturated carbocycles. The summed E-state index contributed by atoms with van der Waals surface area (Å²) in [6.45, 7) is 7.30. The lowest BCUT2D eigenvalue weighted by Gasteiger charge is -2.28. The van der Waals surface area contributed by atoms with Gasteiger partial charge >= 0.3 is 0 Å². The number of likely N-dealkylation sites (N-methyl/N-ethyl adjacent to an activating group) is 1. The monoisotopic (exact) mass is 538 g/mol. The minimum atomic E-state index is -0.285. The van der Waals surface area contributed by atoms with Crippen molar-refractivity contribution in [3.8, 4) is 0 Å². The molecular formula is C32H38N6O2. The average molecular weight is 539 g/mol. The highest BCUT2D eigenvalue weighted by Gasteiger charge is 2.21. The minimum absolute atomic E-state index is 0.0565. The van der Waals surface area contributed by atoms with Crippen LogP contribution in [0.25, 0.3) is 5.70 Å². The largest absolute Gasteiger partial charge is 0.398 e. The molecule has 1 heterocycles. The first-order valence-corrected chi connectivity index (χ1v) is 13.4. The lowest BCUT2D eigenvalue weighted by atomic mass is 10.0. The van der Waals surface area contributed by atoms with Crippen molar-refractivity contribution >= 4 is 34.9 Å². The smallest absolute Gasteiger partial charge is 0.242 e. The van der Waals surface area contributed by atoms with Crippen LogP contribution >= 0.6 is 0 Å². The standard InChI is InChI=1S/C32H38N6O2/c1-24(35-27-13-15-29(16-14-27)38-19-21-40-22-20-38)34-18-17-30(33)26-9-11-28(12-10-26)36-32(39)31(37(2)3)23-25-7-5-4-6-8-25/h4-18,31,35H,1,19-23,33H2,2-3H3,(H,36,39)/b30-17-,34-18?/t31-/m0/s1. The normalized spacial score (nSPS) is 14.8. The molecule has 1 fully saturated rings. The molecule has 0 aromatic heterocycles. The van der Waals surface area contributed by atoms with Crippen LogP contribution in [-0.2, 0) is 16.0 Å². The highest BCUT2D eigenvalue weighted by molar-refractivity contribution is 5.95. The molecule has 0 spiro atoms. The second-order valence-corrected chi connectivity index (χ2v) is 9.85. The van der Waals surface area contributed by atoms with Crippen LogP contribution in [0.2, 0.25) is 0 Å². The molecule has 1 atom stereocenters. The summed E-state index contributed by atoms with van der Waals surface area (Å²) in [6, 6.07) is 25.4. The summed E-state index contributed by atoms with van der Waals surface area (Å²) in [4.78, 5) is 21.6. The number of nitrogens with two attached hydrogens (primary N) is 1. The highest BCUT2D eigenvalue weighted by atomic mass is 16.5. The molecule has 0 bridgehead atoms. The van der Waals surface area contributed by atoms with Crippen LogP contribution in [0, 0.1) is 0 Å². The number of nitrogens with zero attached hydrogens (tertiary/aromatic N) is 3. The first-order valence-electron chi connectivity index (χ1n) is 13.4. The lowest BCUT2D eigenvalue weighted by molar-refractivity contribution is -0.120. The Morgan fingerprint density at radius 3 is 2.27 bits per heavy atom. The van der Waals surface area contributed by atoms with Crippen molar-refractivity contribution in [1.29, 1.82) is 0 Å². The van der Waals surface area contributed by atoms with Gasteiger partial charge in [-0.15, -0.1) is 0 Å². The van der Waals surface area contributed by atoms with Gasteiger partial charge in [0.25, 0.3) is 0 Å². The van der Waals surface area contributed by atoms with Gasteiger partial charge in [-0.05, 0) is 74.1 Å². The van der Waals surface area contributed by atoms with E-state index in [0.717, 1.165) is 43.1 Å². The van der Waals surface area contributed by atoms with Crippen LogP contribution in [0.1, 0.15) is 11.1 Å². The van der Waals surface area contributed by atoms with E-state index in [1.54, 1.807) is 12.3 Å². The fraction of sp³-hybridized carbons (Fsp3) is 0.250. The van der Waals surface area contributed by atoms with Gasteiger partial charge in [-0.1, -0.05) is 49.0 Å². The number of carbonyl (C=O) groups excluding carboxylic acids is 1. The van der Waals surface area contributed by atoms with E-state index < -0.39 is 0 Å². The molecule has 1 aliphatic heterocycles. The molecule has 1 amide bonds. The molecule has 8 heteroatoms. The average Bonchev–Trinajstić information content (AvgIpc) is 2.97. The van der Waals surface area contributed by atoms with Gasteiger partial charge < -0.3 is 26.0 Å². The van der Waals surface area contributed by atoms with Crippen LogP contribution in [-0.4, -0.2) is 63.5 Å². The van der Waals surface area contributed by atoms with Gasteiger partial charge in [-0.2, -0.15) is 0 Å². The predicted octanol–water partition coefficient (Wildman–Crippen LogP) is 4.59. The van der Waals surface area contributed by atoms with Crippen LogP contribution in [0.3, 0.4) is 0 Å². The molecule has 0 unspecified atom stereocenters. The highest BCUT2D eigenvalue weighted by Crippen LogP contribution is 2.20. The summed E-state index contributed by atoms with van der Waals surface area (Å²) in [7, 11) is 3.83. The summed E-state index contributed by atoms with van der Waals surface area (Å²) in [5.74, 6) is 0.450. The number of anilines is 3. The molecule has 1 saturated heterocycles. The molecular weight excluding hydrogens is 500 g/mol. The van der Waals surface area contributed by atoms with Gasteiger partial charge in [0, 0.05) is 42.1 Å². The minimum Gasteiger partial charge on any atom is -0.398 e. The van der Waals surface area contributed by atoms with Crippen LogP contribution < -0.4 is 21.3 Å². The number of hydrogen-bond donors (Lipinski definition) is 3. The maximum Gasteiger partial charge on any atom is 0.242 e. The molecule has 208 valence electrons. The Kier molecular flexibility index (Phi) is 10.1. The fourth-order valence-electron chi connectivity index (χ4n) is 4.40. The number of carbonyl (C=O) groups is 1. The van der Waals surface area contributed by atoms with E-state index >= 15 is 0 Å². The van der Waals surface area contributed by atoms with Gasteiger partial charge in [0.2, 0.25) is 5.91 Å². The van der Waals surface area contributed by atoms with Gasteiger partial charge in [-0.3, -0.25) is 9.69 Å². The number of benzene rings is 3. The maximum absolute atomic E-state index is 13.0. The first-order chi connectivity index (χ1) is 19.4. The molecule has 0 radical (unpaired) electrons. The fourth-order valence-corrected chi connectivity index (χ4v) is 4.40. The summed E-state index contributed by atoms with van der Waals surface area (Å²) in [6.07, 6.45) is 3.98. The second-order valence-electron chi connectivity index (χ2n) is 9.85. The number of rotatable bonds is 11. The second kappa shape index (κ2) is 14.1. The molecule has 8 nitrogen and oxygen atoms in total. The zero-order chi connectivity index (χ0) is 28.3. The van der Waals surface area contributed by atoms with E-state index in [0.29, 0.717) is 23.6 Å². The summed E-state index contributed by atoms with van der Waals surface area (Å²) >= 11 is 0. The van der Waals surface area contributed by atoms with E-state index in [9.17, 15) is 4.79 Å². The summed E-state index contributed by atoms with van der Waals surface area (Å²) < 4.78 is 5.42. The van der Waals surface area contributed by atoms with E-state index in [1.165, 1.54) is 5.69 Å². The predicted molar refractivity (Wildman–Crippen MR) is 166 cm³/mol. The number of amides is 1. The van der Waals surface area contributed by atoms with E-state index in [-0.39, 0.29) is 11.9 Å². The molecule has 1 aliphatic rings. The van der Waals surface area contributed by atoms with E-state index in [1.807, 2.05) is 85.7 Å². The third kappa shape index (κ3) is 8.30. The number of aliphatic imine (C=N–C) groups is 1. The Hall–Kier alpha value is -4.40. The molecule has 3 aromatic rings. The Balaban J connectivity index is 1.28. The molecule has 0 aliphatic carbocycles. The Bertz CT molecular complexity index is 1310. The third-order valence-corrected chi connectivity index (χ3v) is 6.70. The van der Waals surface area contributed by atoms with Gasteiger partial charge in [0.05, 0.1) is 19.3 Å². The Labute approximate surface area is 236 Å². The van der Waals surface area contributed by atoms with Crippen molar-refractivity contribution < 1.29 is 9.53 Å². The van der Waals surface area contributed by atoms with Crippen molar-refractivity contribution in [2.75, 3.05) is 55.9 Å². The van der Waals surface area contributed by atoms with Gasteiger partial charge in [0.1, 0.15) is 5.82 Å². The number of allylic oxidation sites excluding steroid dienone is 1.